The Labute approximate surface area is 355 Å². The molecule has 60 heavy (non-hydrogen) atoms. The Morgan fingerprint density at radius 1 is 0.950 bits per heavy atom. The number of aliphatic hydroxyl groups is 1. The van der Waals surface area contributed by atoms with Crippen molar-refractivity contribution in [1.82, 2.24) is 15.5 Å². The van der Waals surface area contributed by atoms with E-state index in [1.807, 2.05) is 42.5 Å². The van der Waals surface area contributed by atoms with Crippen LogP contribution in [0, 0.1) is 5.92 Å². The zero-order valence-electron chi connectivity index (χ0n) is 35.1. The number of phenolic OH excluding ortho intramolecular Hbond substituents is 1. The van der Waals surface area contributed by atoms with Gasteiger partial charge in [-0.05, 0) is 130 Å². The summed E-state index contributed by atoms with van der Waals surface area (Å²) in [6.07, 6.45) is 10.8. The van der Waals surface area contributed by atoms with Crippen LogP contribution in [-0.2, 0) is 32.8 Å². The number of benzene rings is 4. The quantitative estimate of drug-likeness (QED) is 0.0247. The summed E-state index contributed by atoms with van der Waals surface area (Å²) < 4.78 is 10.8. The number of aldehydes is 1. The van der Waals surface area contributed by atoms with Gasteiger partial charge in [0, 0.05) is 31.3 Å². The van der Waals surface area contributed by atoms with Crippen molar-refractivity contribution in [1.29, 1.82) is 0 Å². The molecule has 11 nitrogen and oxygen atoms in total. The minimum atomic E-state index is -0.790. The van der Waals surface area contributed by atoms with Crippen molar-refractivity contribution in [2.75, 3.05) is 51.8 Å². The Kier molecular flexibility index (Phi) is 18.2. The Morgan fingerprint density at radius 2 is 1.72 bits per heavy atom. The minimum absolute atomic E-state index is 0.0550. The van der Waals surface area contributed by atoms with Gasteiger partial charge in [-0.2, -0.15) is 0 Å². The average molecular weight is 819 g/mol. The van der Waals surface area contributed by atoms with Gasteiger partial charge < -0.3 is 35.6 Å². The highest BCUT2D eigenvalue weighted by molar-refractivity contribution is 5.95. The van der Waals surface area contributed by atoms with E-state index in [1.54, 1.807) is 19.2 Å². The third-order valence-corrected chi connectivity index (χ3v) is 11.4. The molecule has 2 atom stereocenters. The van der Waals surface area contributed by atoms with Crippen molar-refractivity contribution in [3.63, 3.8) is 0 Å². The number of unbranched alkanes of at least 4 members (excludes halogenated alkanes) is 3. The monoisotopic (exact) mass is 818 g/mol. The fourth-order valence-electron chi connectivity index (χ4n) is 8.04. The molecule has 1 fully saturated rings. The first-order chi connectivity index (χ1) is 29.2. The Morgan fingerprint density at radius 3 is 2.48 bits per heavy atom. The maximum Gasteiger partial charge on any atom is 0.293 e. The van der Waals surface area contributed by atoms with Gasteiger partial charge in [-0.1, -0.05) is 79.6 Å². The van der Waals surface area contributed by atoms with Gasteiger partial charge in [0.15, 0.2) is 0 Å². The molecule has 6 rings (SSSR count). The Bertz CT molecular complexity index is 1980. The molecule has 320 valence electrons. The molecule has 2 aliphatic rings. The van der Waals surface area contributed by atoms with E-state index in [1.165, 1.54) is 28.8 Å². The van der Waals surface area contributed by atoms with E-state index < -0.39 is 6.10 Å². The third-order valence-electron chi connectivity index (χ3n) is 11.4. The molecule has 1 heterocycles. The van der Waals surface area contributed by atoms with Crippen LogP contribution in [0.1, 0.15) is 96.1 Å². The molecule has 0 saturated carbocycles. The number of hydrogen-bond donors (Lipinski definition) is 5. The van der Waals surface area contributed by atoms with Crippen molar-refractivity contribution in [3.05, 3.63) is 130 Å². The van der Waals surface area contributed by atoms with Crippen LogP contribution in [0.3, 0.4) is 0 Å². The molecule has 1 aliphatic carbocycles. The van der Waals surface area contributed by atoms with Crippen LogP contribution in [0.2, 0.25) is 0 Å². The third kappa shape index (κ3) is 13.5. The lowest BCUT2D eigenvalue weighted by Gasteiger charge is -2.31. The fourth-order valence-corrected chi connectivity index (χ4v) is 8.04. The Hall–Kier alpha value is -5.49. The predicted octanol–water partition coefficient (Wildman–Crippen LogP) is 7.57. The first kappa shape index (κ1) is 45.6. The lowest BCUT2D eigenvalue weighted by Crippen LogP contribution is -2.41. The Balaban J connectivity index is 0.000000333. The zero-order valence-corrected chi connectivity index (χ0v) is 35.1. The highest BCUT2D eigenvalue weighted by Crippen LogP contribution is 2.37. The summed E-state index contributed by atoms with van der Waals surface area (Å²) in [5, 5.41) is 30.3. The number of carbonyl (C=O) groups excluding carboxylic acids is 3. The van der Waals surface area contributed by atoms with Gasteiger partial charge >= 0.3 is 0 Å². The number of rotatable bonds is 21. The van der Waals surface area contributed by atoms with Gasteiger partial charge in [0.05, 0.1) is 30.5 Å². The van der Waals surface area contributed by atoms with E-state index in [4.69, 9.17) is 9.47 Å². The number of likely N-dealkylation sites (tertiary alicyclic amines) is 1. The first-order valence-electron chi connectivity index (χ1n) is 21.2. The van der Waals surface area contributed by atoms with Gasteiger partial charge in [-0.25, -0.2) is 0 Å². The van der Waals surface area contributed by atoms with Crippen molar-refractivity contribution >= 4 is 30.4 Å². The van der Waals surface area contributed by atoms with E-state index in [-0.39, 0.29) is 17.2 Å². The lowest BCUT2D eigenvalue weighted by atomic mass is 9.93. The average Bonchev–Trinajstić information content (AvgIpc) is 3.60. The molecule has 11 heteroatoms. The van der Waals surface area contributed by atoms with Gasteiger partial charge in [0.1, 0.15) is 17.8 Å². The number of amides is 1. The molecule has 5 N–H and O–H groups in total. The van der Waals surface area contributed by atoms with E-state index in [2.05, 4.69) is 64.2 Å². The number of ether oxygens (including phenoxy) is 2. The van der Waals surface area contributed by atoms with Crippen LogP contribution in [0.5, 0.6) is 11.5 Å². The number of anilines is 1. The summed E-state index contributed by atoms with van der Waals surface area (Å²) >= 11 is 0. The second-order valence-electron chi connectivity index (χ2n) is 15.8. The zero-order chi connectivity index (χ0) is 42.6. The summed E-state index contributed by atoms with van der Waals surface area (Å²) in [5.74, 6) is 1.20. The number of nitrogens with zero attached hydrogens (tertiary/aromatic N) is 1. The maximum absolute atomic E-state index is 13.1. The SMILES string of the molecule is CNc1c(O)ccc(C(O)CNCCCCCCOc2cccc(C(=O)NC3(C)CCc4ccccc43)c2)c1/C=C\C=O.O=COCC1CCN(Cc2ccccc2)CC1. The summed E-state index contributed by atoms with van der Waals surface area (Å²) in [4.78, 5) is 36.5. The molecule has 4 aromatic rings. The number of nitrogens with one attached hydrogen (secondary N) is 3. The molecule has 2 unspecified atom stereocenters. The molecule has 1 amide bonds. The van der Waals surface area contributed by atoms with Crippen LogP contribution >= 0.6 is 0 Å². The molecule has 0 spiro atoms. The second-order valence-corrected chi connectivity index (χ2v) is 15.8. The summed E-state index contributed by atoms with van der Waals surface area (Å²) in [6, 6.07) is 29.4. The predicted molar refractivity (Wildman–Crippen MR) is 237 cm³/mol. The minimum Gasteiger partial charge on any atom is -0.506 e. The molecule has 0 aromatic heterocycles. The van der Waals surface area contributed by atoms with Crippen molar-refractivity contribution in [3.8, 4) is 11.5 Å². The number of piperidine rings is 1. The largest absolute Gasteiger partial charge is 0.506 e. The second kappa shape index (κ2) is 23.9. The van der Waals surface area contributed by atoms with Gasteiger partial charge in [-0.3, -0.25) is 19.3 Å². The number of aliphatic hydroxyl groups excluding tert-OH is 1. The highest BCUT2D eigenvalue weighted by Gasteiger charge is 2.35. The number of hydrogen-bond acceptors (Lipinski definition) is 10. The first-order valence-corrected chi connectivity index (χ1v) is 21.2. The number of aryl methyl sites for hydroxylation is 1. The van der Waals surface area contributed by atoms with Crippen LogP contribution < -0.4 is 20.7 Å². The van der Waals surface area contributed by atoms with Gasteiger partial charge in [0.2, 0.25) is 0 Å². The molecule has 0 bridgehead atoms. The van der Waals surface area contributed by atoms with Crippen molar-refractivity contribution in [2.45, 2.75) is 76.5 Å². The van der Waals surface area contributed by atoms with E-state index in [0.717, 1.165) is 77.5 Å². The number of fused-ring (bicyclic) bond motifs is 1. The van der Waals surface area contributed by atoms with Crippen LogP contribution in [-0.4, -0.2) is 80.2 Å². The van der Waals surface area contributed by atoms with E-state index in [9.17, 15) is 24.6 Å². The smallest absolute Gasteiger partial charge is 0.293 e. The normalized spacial score (nSPS) is 16.9. The number of phenols is 1. The fraction of sp³-hybridized carbons (Fsp3) is 0.408. The van der Waals surface area contributed by atoms with E-state index >= 15 is 0 Å². The highest BCUT2D eigenvalue weighted by atomic mass is 16.5. The maximum atomic E-state index is 13.1. The van der Waals surface area contributed by atoms with Gasteiger partial charge in [0.25, 0.3) is 12.4 Å². The number of allylic oxidation sites excluding steroid dienone is 1. The lowest BCUT2D eigenvalue weighted by molar-refractivity contribution is -0.130. The van der Waals surface area contributed by atoms with Gasteiger partial charge in [-0.15, -0.1) is 0 Å². The topological polar surface area (TPSA) is 149 Å². The van der Waals surface area contributed by atoms with Crippen LogP contribution in [0.15, 0.2) is 97.1 Å². The van der Waals surface area contributed by atoms with Crippen LogP contribution in [0.25, 0.3) is 6.08 Å². The summed E-state index contributed by atoms with van der Waals surface area (Å²) in [6.45, 7) is 8.15. The van der Waals surface area contributed by atoms with Crippen molar-refractivity contribution < 1.29 is 34.1 Å². The standard InChI is InChI=1S/C35H43N3O5.C14H19NO2/c1-35(19-18-25-11-5-6-15-30(25)35)38-34(42)26-12-9-13-27(23-26)43-22-8-4-3-7-20-37-24-32(41)28-16-17-31(40)33(36-2)29(28)14-10-21-39;16-12-17-11-14-6-8-15(9-7-14)10-13-4-2-1-3-5-13/h5-6,9-17,21,23,32,36-37,40-41H,3-4,7-8,18-20,22,24H2,1-2H3,(H,38,42);1-5,12,14H,6-11H2/b14-10-;. The number of carbonyl (C=O) groups is 3. The van der Waals surface area contributed by atoms with Crippen molar-refractivity contribution in [2.24, 2.45) is 5.92 Å². The molecule has 1 aliphatic heterocycles. The van der Waals surface area contributed by atoms with Crippen LogP contribution in [0.4, 0.5) is 5.69 Å². The molecule has 0 radical (unpaired) electrons. The summed E-state index contributed by atoms with van der Waals surface area (Å²) in [5.41, 5.74) is 5.78. The van der Waals surface area contributed by atoms with E-state index in [0.29, 0.717) is 66.6 Å². The molecule has 4 aromatic carbocycles. The molecular weight excluding hydrogens is 757 g/mol. The number of aromatic hydroxyl groups is 1. The summed E-state index contributed by atoms with van der Waals surface area (Å²) in [7, 11) is 1.68. The molecule has 1 saturated heterocycles. The molecular formula is C49H62N4O7.